The zero-order valence-corrected chi connectivity index (χ0v) is 19.3. The van der Waals surface area contributed by atoms with Crippen LogP contribution in [0.1, 0.15) is 26.3 Å². The van der Waals surface area contributed by atoms with E-state index in [1.54, 1.807) is 22.1 Å². The fourth-order valence-electron chi connectivity index (χ4n) is 4.16. The van der Waals surface area contributed by atoms with Crippen molar-refractivity contribution in [1.82, 2.24) is 14.8 Å². The van der Waals surface area contributed by atoms with Crippen LogP contribution in [-0.2, 0) is 0 Å². The standard InChI is InChI=1S/C28H24FN3O3/c1-19-6-8-20(9-7-19)25-18-30-26(35-25)23-4-2-3-5-24(23)28(34)32-16-14-31(15-17-32)27(33)21-10-12-22(29)13-11-21/h2-13,18H,14-17H2,1H3. The maximum Gasteiger partial charge on any atom is 0.254 e. The molecule has 1 saturated heterocycles. The van der Waals surface area contributed by atoms with E-state index in [0.29, 0.717) is 54.5 Å². The fourth-order valence-corrected chi connectivity index (χ4v) is 4.16. The van der Waals surface area contributed by atoms with Gasteiger partial charge in [-0.3, -0.25) is 9.59 Å². The number of halogens is 1. The summed E-state index contributed by atoms with van der Waals surface area (Å²) in [6.45, 7) is 3.64. The predicted octanol–water partition coefficient (Wildman–Crippen LogP) is 5.05. The lowest BCUT2D eigenvalue weighted by Crippen LogP contribution is -2.50. The number of rotatable bonds is 4. The third kappa shape index (κ3) is 4.71. The maximum atomic E-state index is 13.4. The summed E-state index contributed by atoms with van der Waals surface area (Å²) in [7, 11) is 0. The van der Waals surface area contributed by atoms with E-state index in [0.717, 1.165) is 11.1 Å². The van der Waals surface area contributed by atoms with Gasteiger partial charge in [0, 0.05) is 42.9 Å². The van der Waals surface area contributed by atoms with Crippen LogP contribution >= 0.6 is 0 Å². The number of carbonyl (C=O) groups is 2. The van der Waals surface area contributed by atoms with Crippen LogP contribution in [0.4, 0.5) is 4.39 Å². The number of aromatic nitrogens is 1. The van der Waals surface area contributed by atoms with Crippen molar-refractivity contribution < 1.29 is 18.4 Å². The van der Waals surface area contributed by atoms with E-state index in [4.69, 9.17) is 4.42 Å². The van der Waals surface area contributed by atoms with Gasteiger partial charge in [0.15, 0.2) is 5.76 Å². The quantitative estimate of drug-likeness (QED) is 0.419. The number of carbonyl (C=O) groups excluding carboxylic acids is 2. The molecule has 0 radical (unpaired) electrons. The summed E-state index contributed by atoms with van der Waals surface area (Å²) in [5.41, 5.74) is 3.64. The Morgan fingerprint density at radius 3 is 2.14 bits per heavy atom. The maximum absolute atomic E-state index is 13.4. The van der Waals surface area contributed by atoms with Crippen LogP contribution in [0.5, 0.6) is 0 Å². The van der Waals surface area contributed by atoms with Crippen molar-refractivity contribution >= 4 is 11.8 Å². The number of oxazole rings is 1. The second-order valence-corrected chi connectivity index (χ2v) is 8.53. The first-order valence-electron chi connectivity index (χ1n) is 11.5. The lowest BCUT2D eigenvalue weighted by Gasteiger charge is -2.35. The molecule has 0 bridgehead atoms. The molecule has 2 amide bonds. The van der Waals surface area contributed by atoms with Crippen molar-refractivity contribution in [2.75, 3.05) is 26.2 Å². The molecule has 0 atom stereocenters. The number of amides is 2. The number of hydrogen-bond donors (Lipinski definition) is 0. The zero-order valence-electron chi connectivity index (χ0n) is 19.3. The van der Waals surface area contributed by atoms with Crippen molar-refractivity contribution in [3.63, 3.8) is 0 Å². The third-order valence-electron chi connectivity index (χ3n) is 6.17. The molecule has 1 aromatic heterocycles. The average Bonchev–Trinajstić information content (AvgIpc) is 3.39. The first-order valence-corrected chi connectivity index (χ1v) is 11.5. The SMILES string of the molecule is Cc1ccc(-c2cnc(-c3ccccc3C(=O)N3CCN(C(=O)c4ccc(F)cc4)CC3)o2)cc1. The van der Waals surface area contributed by atoms with Crippen LogP contribution in [0.25, 0.3) is 22.8 Å². The number of benzene rings is 3. The minimum atomic E-state index is -0.382. The first-order chi connectivity index (χ1) is 17.0. The highest BCUT2D eigenvalue weighted by Gasteiger charge is 2.27. The molecule has 0 unspecified atom stereocenters. The van der Waals surface area contributed by atoms with E-state index in [2.05, 4.69) is 4.98 Å². The van der Waals surface area contributed by atoms with Gasteiger partial charge in [-0.25, -0.2) is 9.37 Å². The second kappa shape index (κ2) is 9.54. The summed E-state index contributed by atoms with van der Waals surface area (Å²) >= 11 is 0. The van der Waals surface area contributed by atoms with Crippen LogP contribution in [-0.4, -0.2) is 52.8 Å². The fraction of sp³-hybridized carbons (Fsp3) is 0.179. The van der Waals surface area contributed by atoms with Crippen molar-refractivity contribution in [3.8, 4) is 22.8 Å². The predicted molar refractivity (Wildman–Crippen MR) is 130 cm³/mol. The van der Waals surface area contributed by atoms with Crippen molar-refractivity contribution in [2.45, 2.75) is 6.92 Å². The monoisotopic (exact) mass is 469 g/mol. The van der Waals surface area contributed by atoms with E-state index in [1.807, 2.05) is 49.4 Å². The highest BCUT2D eigenvalue weighted by molar-refractivity contribution is 6.00. The zero-order chi connectivity index (χ0) is 24.4. The average molecular weight is 470 g/mol. The molecular weight excluding hydrogens is 445 g/mol. The number of nitrogens with zero attached hydrogens (tertiary/aromatic N) is 3. The second-order valence-electron chi connectivity index (χ2n) is 8.53. The molecule has 0 spiro atoms. The Kier molecular flexibility index (Phi) is 6.14. The molecule has 0 aliphatic carbocycles. The van der Waals surface area contributed by atoms with Crippen molar-refractivity contribution in [1.29, 1.82) is 0 Å². The lowest BCUT2D eigenvalue weighted by atomic mass is 10.1. The van der Waals surface area contributed by atoms with Crippen molar-refractivity contribution in [3.05, 3.63) is 102 Å². The molecule has 0 saturated carbocycles. The van der Waals surface area contributed by atoms with Gasteiger partial charge < -0.3 is 14.2 Å². The van der Waals surface area contributed by atoms with Gasteiger partial charge in [-0.05, 0) is 43.3 Å². The van der Waals surface area contributed by atoms with Crippen LogP contribution in [0, 0.1) is 12.7 Å². The first kappa shape index (κ1) is 22.5. The van der Waals surface area contributed by atoms with Gasteiger partial charge in [0.1, 0.15) is 5.82 Å². The third-order valence-corrected chi connectivity index (χ3v) is 6.17. The van der Waals surface area contributed by atoms with Gasteiger partial charge in [-0.1, -0.05) is 42.0 Å². The van der Waals surface area contributed by atoms with E-state index < -0.39 is 0 Å². The Labute approximate surface area is 202 Å². The smallest absolute Gasteiger partial charge is 0.254 e. The Bertz CT molecular complexity index is 1350. The Balaban J connectivity index is 1.30. The minimum absolute atomic E-state index is 0.135. The Morgan fingerprint density at radius 2 is 1.46 bits per heavy atom. The Hall–Kier alpha value is -4.26. The number of hydrogen-bond acceptors (Lipinski definition) is 4. The molecule has 0 N–H and O–H groups in total. The Morgan fingerprint density at radius 1 is 0.829 bits per heavy atom. The molecule has 6 nitrogen and oxygen atoms in total. The van der Waals surface area contributed by atoms with Crippen LogP contribution in [0.15, 0.2) is 83.4 Å². The van der Waals surface area contributed by atoms with E-state index >= 15 is 0 Å². The molecule has 5 rings (SSSR count). The topological polar surface area (TPSA) is 66.7 Å². The largest absolute Gasteiger partial charge is 0.436 e. The summed E-state index contributed by atoms with van der Waals surface area (Å²) in [6.07, 6.45) is 1.67. The van der Waals surface area contributed by atoms with Gasteiger partial charge >= 0.3 is 0 Å². The highest BCUT2D eigenvalue weighted by Crippen LogP contribution is 2.29. The van der Waals surface area contributed by atoms with E-state index in [-0.39, 0.29) is 17.6 Å². The molecule has 3 aromatic carbocycles. The molecule has 4 aromatic rings. The number of aryl methyl sites for hydroxylation is 1. The van der Waals surface area contributed by atoms with E-state index in [9.17, 15) is 14.0 Å². The molecule has 2 heterocycles. The van der Waals surface area contributed by atoms with Gasteiger partial charge in [0.25, 0.3) is 11.8 Å². The molecule has 1 aliphatic rings. The lowest BCUT2D eigenvalue weighted by molar-refractivity contribution is 0.0535. The summed E-state index contributed by atoms with van der Waals surface area (Å²) in [5.74, 6) is 0.336. The van der Waals surface area contributed by atoms with Crippen molar-refractivity contribution in [2.24, 2.45) is 0 Å². The minimum Gasteiger partial charge on any atom is -0.436 e. The summed E-state index contributed by atoms with van der Waals surface area (Å²) in [6, 6.07) is 20.7. The molecule has 7 heteroatoms. The van der Waals surface area contributed by atoms with Crippen LogP contribution in [0.3, 0.4) is 0 Å². The van der Waals surface area contributed by atoms with Gasteiger partial charge in [0.2, 0.25) is 5.89 Å². The van der Waals surface area contributed by atoms with E-state index in [1.165, 1.54) is 24.3 Å². The molecule has 1 fully saturated rings. The molecule has 35 heavy (non-hydrogen) atoms. The van der Waals surface area contributed by atoms with Crippen LogP contribution in [0.2, 0.25) is 0 Å². The summed E-state index contributed by atoms with van der Waals surface area (Å²) < 4.78 is 19.2. The molecule has 1 aliphatic heterocycles. The summed E-state index contributed by atoms with van der Waals surface area (Å²) in [4.78, 5) is 34.0. The molecular formula is C28H24FN3O3. The normalized spacial score (nSPS) is 13.7. The van der Waals surface area contributed by atoms with Gasteiger partial charge in [0.05, 0.1) is 11.8 Å². The molecule has 176 valence electrons. The highest BCUT2D eigenvalue weighted by atomic mass is 19.1. The van der Waals surface area contributed by atoms with Gasteiger partial charge in [-0.15, -0.1) is 0 Å². The summed E-state index contributed by atoms with van der Waals surface area (Å²) in [5, 5.41) is 0. The van der Waals surface area contributed by atoms with Gasteiger partial charge in [-0.2, -0.15) is 0 Å². The number of piperazine rings is 1. The van der Waals surface area contributed by atoms with Crippen LogP contribution < -0.4 is 0 Å².